The molecular formula is C21H17FN4O2S3. The van der Waals surface area contributed by atoms with E-state index in [2.05, 4.69) is 20.6 Å². The molecule has 0 saturated carbocycles. The van der Waals surface area contributed by atoms with Crippen LogP contribution in [0.5, 0.6) is 0 Å². The van der Waals surface area contributed by atoms with Gasteiger partial charge in [0.25, 0.3) is 0 Å². The molecule has 10 heteroatoms. The van der Waals surface area contributed by atoms with Crippen LogP contribution in [0.1, 0.15) is 21.0 Å². The van der Waals surface area contributed by atoms with Gasteiger partial charge in [0.15, 0.2) is 10.3 Å². The molecule has 0 atom stereocenters. The summed E-state index contributed by atoms with van der Waals surface area (Å²) in [5.74, 6) is -0.657. The van der Waals surface area contributed by atoms with Crippen molar-refractivity contribution in [3.63, 3.8) is 0 Å². The summed E-state index contributed by atoms with van der Waals surface area (Å²) in [6, 6.07) is 10.2. The van der Waals surface area contributed by atoms with Crippen molar-refractivity contribution in [3.8, 4) is 0 Å². The Morgan fingerprint density at radius 2 is 1.81 bits per heavy atom. The first-order valence-electron chi connectivity index (χ1n) is 9.29. The van der Waals surface area contributed by atoms with Crippen molar-refractivity contribution in [3.05, 3.63) is 80.2 Å². The summed E-state index contributed by atoms with van der Waals surface area (Å²) in [6.07, 6.45) is 2.60. The lowest BCUT2D eigenvalue weighted by Gasteiger charge is -2.00. The summed E-state index contributed by atoms with van der Waals surface area (Å²) in [6.45, 7) is 0. The Morgan fingerprint density at radius 1 is 0.968 bits per heavy atom. The maximum Gasteiger partial charge on any atom is 0.232 e. The van der Waals surface area contributed by atoms with Crippen LogP contribution in [0.15, 0.2) is 53.4 Å². The lowest BCUT2D eigenvalue weighted by Crippen LogP contribution is -2.15. The SMILES string of the molecule is O=C(Cc1cccs1)Nc1nc(CC(=O)Nc2ncc(Cc3cccc(F)c3)s2)cs1. The van der Waals surface area contributed by atoms with Gasteiger partial charge in [0.05, 0.1) is 18.5 Å². The van der Waals surface area contributed by atoms with Gasteiger partial charge in [-0.3, -0.25) is 9.59 Å². The van der Waals surface area contributed by atoms with Gasteiger partial charge in [-0.2, -0.15) is 0 Å². The second-order valence-electron chi connectivity index (χ2n) is 6.61. The molecule has 0 unspecified atom stereocenters. The number of halogens is 1. The molecule has 0 fully saturated rings. The van der Waals surface area contributed by atoms with Crippen LogP contribution in [-0.2, 0) is 28.9 Å². The molecule has 4 rings (SSSR count). The number of amides is 2. The third-order valence-electron chi connectivity index (χ3n) is 4.12. The highest BCUT2D eigenvalue weighted by Gasteiger charge is 2.12. The highest BCUT2D eigenvalue weighted by Crippen LogP contribution is 2.22. The van der Waals surface area contributed by atoms with Crippen LogP contribution in [-0.4, -0.2) is 21.8 Å². The normalized spacial score (nSPS) is 10.7. The molecule has 158 valence electrons. The lowest BCUT2D eigenvalue weighted by molar-refractivity contribution is -0.116. The maximum absolute atomic E-state index is 13.3. The summed E-state index contributed by atoms with van der Waals surface area (Å²) in [7, 11) is 0. The molecular weight excluding hydrogens is 455 g/mol. The van der Waals surface area contributed by atoms with Crippen molar-refractivity contribution >= 4 is 56.1 Å². The van der Waals surface area contributed by atoms with Crippen LogP contribution in [0.2, 0.25) is 0 Å². The van der Waals surface area contributed by atoms with E-state index in [0.29, 0.717) is 28.8 Å². The first kappa shape index (κ1) is 21.3. The number of thiophene rings is 1. The first-order valence-corrected chi connectivity index (χ1v) is 11.9. The second-order valence-corrected chi connectivity index (χ2v) is 9.62. The fourth-order valence-corrected chi connectivity index (χ4v) is 5.10. The van der Waals surface area contributed by atoms with Gasteiger partial charge in [0.2, 0.25) is 11.8 Å². The Balaban J connectivity index is 1.27. The van der Waals surface area contributed by atoms with Crippen LogP contribution < -0.4 is 10.6 Å². The molecule has 31 heavy (non-hydrogen) atoms. The molecule has 0 saturated heterocycles. The van der Waals surface area contributed by atoms with E-state index in [-0.39, 0.29) is 24.1 Å². The Morgan fingerprint density at radius 3 is 2.61 bits per heavy atom. The predicted molar refractivity (Wildman–Crippen MR) is 122 cm³/mol. The topological polar surface area (TPSA) is 84.0 Å². The monoisotopic (exact) mass is 472 g/mol. The average Bonchev–Trinajstić information content (AvgIpc) is 3.46. The third kappa shape index (κ3) is 6.27. The number of hydrogen-bond acceptors (Lipinski definition) is 7. The second kappa shape index (κ2) is 9.90. The number of hydrogen-bond donors (Lipinski definition) is 2. The van der Waals surface area contributed by atoms with Gasteiger partial charge >= 0.3 is 0 Å². The van der Waals surface area contributed by atoms with Crippen LogP contribution in [0, 0.1) is 5.82 Å². The van der Waals surface area contributed by atoms with Crippen molar-refractivity contribution in [1.82, 2.24) is 9.97 Å². The van der Waals surface area contributed by atoms with Crippen LogP contribution >= 0.6 is 34.0 Å². The Bertz CT molecular complexity index is 1190. The largest absolute Gasteiger partial charge is 0.302 e. The van der Waals surface area contributed by atoms with Crippen molar-refractivity contribution in [2.75, 3.05) is 10.6 Å². The molecule has 4 aromatic rings. The Labute approximate surface area is 189 Å². The number of anilines is 2. The summed E-state index contributed by atoms with van der Waals surface area (Å²) in [4.78, 5) is 34.8. The van der Waals surface area contributed by atoms with E-state index in [4.69, 9.17) is 0 Å². The van der Waals surface area contributed by atoms with Crippen LogP contribution in [0.3, 0.4) is 0 Å². The molecule has 6 nitrogen and oxygen atoms in total. The highest BCUT2D eigenvalue weighted by molar-refractivity contribution is 7.15. The van der Waals surface area contributed by atoms with Gasteiger partial charge in [-0.25, -0.2) is 14.4 Å². The summed E-state index contributed by atoms with van der Waals surface area (Å²) >= 11 is 4.16. The number of benzene rings is 1. The maximum atomic E-state index is 13.3. The zero-order valence-electron chi connectivity index (χ0n) is 16.1. The number of thiazole rings is 2. The smallest absolute Gasteiger partial charge is 0.232 e. The average molecular weight is 473 g/mol. The van der Waals surface area contributed by atoms with E-state index in [1.807, 2.05) is 23.6 Å². The van der Waals surface area contributed by atoms with E-state index in [9.17, 15) is 14.0 Å². The third-order valence-corrected chi connectivity index (χ3v) is 6.72. The summed E-state index contributed by atoms with van der Waals surface area (Å²) in [5.41, 5.74) is 1.42. The van der Waals surface area contributed by atoms with E-state index >= 15 is 0 Å². The zero-order valence-corrected chi connectivity index (χ0v) is 18.6. The van der Waals surface area contributed by atoms with Gasteiger partial charge < -0.3 is 10.6 Å². The number of carbonyl (C=O) groups excluding carboxylic acids is 2. The van der Waals surface area contributed by atoms with Crippen molar-refractivity contribution in [2.24, 2.45) is 0 Å². The van der Waals surface area contributed by atoms with Gasteiger partial charge in [0, 0.05) is 27.8 Å². The van der Waals surface area contributed by atoms with Crippen LogP contribution in [0.25, 0.3) is 0 Å². The summed E-state index contributed by atoms with van der Waals surface area (Å²) in [5, 5.41) is 10.1. The van der Waals surface area contributed by atoms with E-state index in [1.165, 1.54) is 46.1 Å². The number of carbonyl (C=O) groups is 2. The molecule has 0 aliphatic heterocycles. The van der Waals surface area contributed by atoms with Crippen molar-refractivity contribution in [1.29, 1.82) is 0 Å². The molecule has 1 aromatic carbocycles. The minimum Gasteiger partial charge on any atom is -0.302 e. The fraction of sp³-hybridized carbons (Fsp3) is 0.143. The molecule has 0 aliphatic rings. The van der Waals surface area contributed by atoms with Gasteiger partial charge in [-0.15, -0.1) is 34.0 Å². The Hall–Kier alpha value is -2.95. The fourth-order valence-electron chi connectivity index (χ4n) is 2.80. The highest BCUT2D eigenvalue weighted by atomic mass is 32.1. The van der Waals surface area contributed by atoms with Crippen LogP contribution in [0.4, 0.5) is 14.7 Å². The molecule has 0 bridgehead atoms. The number of nitrogens with one attached hydrogen (secondary N) is 2. The van der Waals surface area contributed by atoms with Crippen molar-refractivity contribution < 1.29 is 14.0 Å². The minimum absolute atomic E-state index is 0.0795. The van der Waals surface area contributed by atoms with Gasteiger partial charge in [0.1, 0.15) is 5.82 Å². The Kier molecular flexibility index (Phi) is 6.80. The van der Waals surface area contributed by atoms with E-state index in [1.54, 1.807) is 17.6 Å². The summed E-state index contributed by atoms with van der Waals surface area (Å²) < 4.78 is 13.3. The number of nitrogens with zero attached hydrogens (tertiary/aromatic N) is 2. The zero-order chi connectivity index (χ0) is 21.6. The molecule has 0 spiro atoms. The molecule has 3 heterocycles. The van der Waals surface area contributed by atoms with E-state index in [0.717, 1.165) is 15.3 Å². The first-order chi connectivity index (χ1) is 15.0. The number of aromatic nitrogens is 2. The minimum atomic E-state index is -0.277. The van der Waals surface area contributed by atoms with Gasteiger partial charge in [-0.1, -0.05) is 18.2 Å². The quantitative estimate of drug-likeness (QED) is 0.388. The van der Waals surface area contributed by atoms with E-state index < -0.39 is 0 Å². The van der Waals surface area contributed by atoms with Crippen molar-refractivity contribution in [2.45, 2.75) is 19.3 Å². The predicted octanol–water partition coefficient (Wildman–Crippen LogP) is 4.75. The van der Waals surface area contributed by atoms with Gasteiger partial charge in [-0.05, 0) is 29.1 Å². The lowest BCUT2D eigenvalue weighted by atomic mass is 10.1. The molecule has 2 N–H and O–H groups in total. The molecule has 2 amide bonds. The molecule has 3 aromatic heterocycles. The molecule has 0 radical (unpaired) electrons. The standard InChI is InChI=1S/C21H17FN4O2S3/c22-14-4-1-3-13(7-14)8-17-11-23-20(31-17)25-18(27)9-15-12-30-21(24-15)26-19(28)10-16-5-2-6-29-16/h1-7,11-12H,8-10H2,(H,23,25,27)(H,24,26,28). The number of rotatable bonds is 8. The molecule has 0 aliphatic carbocycles.